The fourth-order valence-corrected chi connectivity index (χ4v) is 2.23. The lowest BCUT2D eigenvalue weighted by molar-refractivity contribution is 0.0288. The normalized spacial score (nSPS) is 37.2. The minimum atomic E-state index is 0.363. The number of nitrogens with zero attached hydrogens (tertiary/aromatic N) is 1. The predicted molar refractivity (Wildman–Crippen MR) is 51.2 cm³/mol. The summed E-state index contributed by atoms with van der Waals surface area (Å²) in [6, 6.07) is 0.804. The van der Waals surface area contributed by atoms with Crippen molar-refractivity contribution in [3.63, 3.8) is 0 Å². The lowest BCUT2D eigenvalue weighted by Gasteiger charge is -2.50. The Labute approximate surface area is 75.3 Å². The SMILES string of the molecule is CC(C)(C)N1CCC2CN[C@H]2C1. The van der Waals surface area contributed by atoms with Gasteiger partial charge in [0.2, 0.25) is 0 Å². The van der Waals surface area contributed by atoms with Crippen molar-refractivity contribution >= 4 is 0 Å². The van der Waals surface area contributed by atoms with Crippen molar-refractivity contribution in [2.45, 2.75) is 38.8 Å². The van der Waals surface area contributed by atoms with Crippen LogP contribution in [0.25, 0.3) is 0 Å². The van der Waals surface area contributed by atoms with Gasteiger partial charge < -0.3 is 5.32 Å². The summed E-state index contributed by atoms with van der Waals surface area (Å²) in [4.78, 5) is 2.60. The molecule has 0 saturated carbocycles. The number of likely N-dealkylation sites (tertiary alicyclic amines) is 1. The number of nitrogens with one attached hydrogen (secondary N) is 1. The molecule has 0 spiro atoms. The van der Waals surface area contributed by atoms with E-state index in [1.165, 1.54) is 26.1 Å². The van der Waals surface area contributed by atoms with Crippen molar-refractivity contribution in [2.75, 3.05) is 19.6 Å². The molecule has 0 amide bonds. The summed E-state index contributed by atoms with van der Waals surface area (Å²) >= 11 is 0. The highest BCUT2D eigenvalue weighted by Gasteiger charge is 2.38. The first kappa shape index (κ1) is 8.52. The predicted octanol–water partition coefficient (Wildman–Crippen LogP) is 1.08. The quantitative estimate of drug-likeness (QED) is 0.582. The van der Waals surface area contributed by atoms with E-state index in [0.29, 0.717) is 5.54 Å². The van der Waals surface area contributed by atoms with E-state index >= 15 is 0 Å². The zero-order valence-electron chi connectivity index (χ0n) is 8.43. The molecule has 2 heteroatoms. The van der Waals surface area contributed by atoms with E-state index in [4.69, 9.17) is 0 Å². The van der Waals surface area contributed by atoms with E-state index in [0.717, 1.165) is 12.0 Å². The molecule has 2 aliphatic heterocycles. The van der Waals surface area contributed by atoms with Gasteiger partial charge in [-0.05, 0) is 46.2 Å². The number of hydrogen-bond donors (Lipinski definition) is 1. The molecule has 2 nitrogen and oxygen atoms in total. The molecule has 0 aromatic heterocycles. The summed E-state index contributed by atoms with van der Waals surface area (Å²) in [5.74, 6) is 0.989. The van der Waals surface area contributed by atoms with Crippen LogP contribution in [0.4, 0.5) is 0 Å². The standard InChI is InChI=1S/C10H20N2/c1-10(2,3)12-5-4-8-6-11-9(8)7-12/h8-9,11H,4-7H2,1-3H3/t8?,9-/m0/s1. The van der Waals surface area contributed by atoms with Crippen molar-refractivity contribution in [3.05, 3.63) is 0 Å². The third-order valence-electron chi connectivity index (χ3n) is 3.35. The zero-order chi connectivity index (χ0) is 8.77. The fourth-order valence-electron chi connectivity index (χ4n) is 2.23. The molecule has 0 aromatic carbocycles. The van der Waals surface area contributed by atoms with Crippen LogP contribution in [0.5, 0.6) is 0 Å². The second kappa shape index (κ2) is 2.71. The van der Waals surface area contributed by atoms with Crippen LogP contribution >= 0.6 is 0 Å². The first-order valence-electron chi connectivity index (χ1n) is 5.06. The van der Waals surface area contributed by atoms with Gasteiger partial charge in [0.05, 0.1) is 0 Å². The first-order chi connectivity index (χ1) is 5.57. The molecule has 2 aliphatic rings. The molecule has 12 heavy (non-hydrogen) atoms. The van der Waals surface area contributed by atoms with Crippen LogP contribution in [0, 0.1) is 5.92 Å². The van der Waals surface area contributed by atoms with Gasteiger partial charge in [-0.15, -0.1) is 0 Å². The fraction of sp³-hybridized carbons (Fsp3) is 1.00. The molecule has 0 radical (unpaired) electrons. The largest absolute Gasteiger partial charge is 0.312 e. The van der Waals surface area contributed by atoms with Crippen molar-refractivity contribution < 1.29 is 0 Å². The molecule has 2 heterocycles. The highest BCUT2D eigenvalue weighted by molar-refractivity contribution is 4.96. The average molecular weight is 168 g/mol. The van der Waals surface area contributed by atoms with Crippen LogP contribution in [0.2, 0.25) is 0 Å². The van der Waals surface area contributed by atoms with Crippen LogP contribution < -0.4 is 5.32 Å². The van der Waals surface area contributed by atoms with Crippen LogP contribution in [-0.4, -0.2) is 36.1 Å². The number of fused-ring (bicyclic) bond motifs is 1. The molecule has 0 bridgehead atoms. The summed E-state index contributed by atoms with van der Waals surface area (Å²) in [5, 5.41) is 3.51. The van der Waals surface area contributed by atoms with Crippen LogP contribution in [0.15, 0.2) is 0 Å². The Morgan fingerprint density at radius 1 is 1.33 bits per heavy atom. The minimum absolute atomic E-state index is 0.363. The summed E-state index contributed by atoms with van der Waals surface area (Å²) in [7, 11) is 0. The third-order valence-corrected chi connectivity index (χ3v) is 3.35. The minimum Gasteiger partial charge on any atom is -0.312 e. The average Bonchev–Trinajstić information content (AvgIpc) is 1.89. The Balaban J connectivity index is 1.94. The zero-order valence-corrected chi connectivity index (χ0v) is 8.43. The van der Waals surface area contributed by atoms with Crippen molar-refractivity contribution in [1.29, 1.82) is 0 Å². The van der Waals surface area contributed by atoms with Crippen LogP contribution in [0.3, 0.4) is 0 Å². The summed E-state index contributed by atoms with van der Waals surface area (Å²) in [6.07, 6.45) is 1.40. The Kier molecular flexibility index (Phi) is 1.92. The monoisotopic (exact) mass is 168 g/mol. The lowest BCUT2D eigenvalue weighted by Crippen LogP contribution is -2.64. The Bertz CT molecular complexity index is 171. The van der Waals surface area contributed by atoms with Gasteiger partial charge >= 0.3 is 0 Å². The molecule has 2 atom stereocenters. The molecule has 1 N–H and O–H groups in total. The molecule has 0 aromatic rings. The van der Waals surface area contributed by atoms with Crippen molar-refractivity contribution in [3.8, 4) is 0 Å². The second-order valence-electron chi connectivity index (χ2n) is 5.18. The van der Waals surface area contributed by atoms with E-state index in [2.05, 4.69) is 31.0 Å². The maximum Gasteiger partial charge on any atom is 0.0236 e. The molecular weight excluding hydrogens is 148 g/mol. The Morgan fingerprint density at radius 2 is 2.08 bits per heavy atom. The second-order valence-corrected chi connectivity index (χ2v) is 5.18. The van der Waals surface area contributed by atoms with E-state index in [-0.39, 0.29) is 0 Å². The molecule has 70 valence electrons. The summed E-state index contributed by atoms with van der Waals surface area (Å²) in [6.45, 7) is 10.8. The maximum absolute atomic E-state index is 3.51. The molecule has 2 rings (SSSR count). The van der Waals surface area contributed by atoms with Gasteiger partial charge in [-0.3, -0.25) is 4.90 Å². The van der Waals surface area contributed by atoms with E-state index < -0.39 is 0 Å². The van der Waals surface area contributed by atoms with Crippen LogP contribution in [-0.2, 0) is 0 Å². The van der Waals surface area contributed by atoms with E-state index in [1.54, 1.807) is 0 Å². The van der Waals surface area contributed by atoms with Gasteiger partial charge in [0.15, 0.2) is 0 Å². The van der Waals surface area contributed by atoms with Gasteiger partial charge in [-0.25, -0.2) is 0 Å². The molecule has 2 saturated heterocycles. The van der Waals surface area contributed by atoms with Gasteiger partial charge in [-0.1, -0.05) is 0 Å². The molecule has 0 aliphatic carbocycles. The third kappa shape index (κ3) is 1.38. The van der Waals surface area contributed by atoms with Gasteiger partial charge in [0.1, 0.15) is 0 Å². The Hall–Kier alpha value is -0.0800. The topological polar surface area (TPSA) is 15.3 Å². The van der Waals surface area contributed by atoms with Crippen LogP contribution in [0.1, 0.15) is 27.2 Å². The Morgan fingerprint density at radius 3 is 2.50 bits per heavy atom. The molecule has 1 unspecified atom stereocenters. The highest BCUT2D eigenvalue weighted by Crippen LogP contribution is 2.27. The van der Waals surface area contributed by atoms with E-state index in [9.17, 15) is 0 Å². The van der Waals surface area contributed by atoms with Crippen molar-refractivity contribution in [1.82, 2.24) is 10.2 Å². The molecule has 2 fully saturated rings. The van der Waals surface area contributed by atoms with Gasteiger partial charge in [0.25, 0.3) is 0 Å². The van der Waals surface area contributed by atoms with E-state index in [1.807, 2.05) is 0 Å². The van der Waals surface area contributed by atoms with Crippen molar-refractivity contribution in [2.24, 2.45) is 5.92 Å². The van der Waals surface area contributed by atoms with Gasteiger partial charge in [0, 0.05) is 18.1 Å². The summed E-state index contributed by atoms with van der Waals surface area (Å²) < 4.78 is 0. The lowest BCUT2D eigenvalue weighted by atomic mass is 9.83. The molecular formula is C10H20N2. The first-order valence-corrected chi connectivity index (χ1v) is 5.06. The van der Waals surface area contributed by atoms with Gasteiger partial charge in [-0.2, -0.15) is 0 Å². The highest BCUT2D eigenvalue weighted by atomic mass is 15.2. The number of hydrogen-bond acceptors (Lipinski definition) is 2. The number of rotatable bonds is 0. The smallest absolute Gasteiger partial charge is 0.0236 e. The summed E-state index contributed by atoms with van der Waals surface area (Å²) in [5.41, 5.74) is 0.363. The number of piperidine rings is 1. The maximum atomic E-state index is 3.51.